The Morgan fingerprint density at radius 1 is 0.760 bits per heavy atom. The van der Waals surface area contributed by atoms with Crippen LogP contribution >= 0.6 is 0 Å². The van der Waals surface area contributed by atoms with Gasteiger partial charge in [0, 0.05) is 0 Å². The summed E-state index contributed by atoms with van der Waals surface area (Å²) in [5, 5.41) is 9.58. The molecule has 128 valence electrons. The second kappa shape index (κ2) is 8.25. The molecule has 3 aromatic carbocycles. The normalized spacial score (nSPS) is 10.4. The molecule has 25 heavy (non-hydrogen) atoms. The van der Waals surface area contributed by atoms with Crippen LogP contribution in [0.15, 0.2) is 72.8 Å². The van der Waals surface area contributed by atoms with Crippen molar-refractivity contribution in [3.8, 4) is 34.1 Å². The number of phenolic OH excluding ortho intramolecular Hbond substituents is 1. The number of hydrogen-bond donors (Lipinski definition) is 1. The van der Waals surface area contributed by atoms with Crippen LogP contribution in [0.3, 0.4) is 0 Å². The molecular formula is C22H22O3. The van der Waals surface area contributed by atoms with E-state index < -0.39 is 0 Å². The van der Waals surface area contributed by atoms with Gasteiger partial charge in [-0.05, 0) is 66.1 Å². The van der Waals surface area contributed by atoms with Gasteiger partial charge in [0.05, 0.1) is 6.61 Å². The van der Waals surface area contributed by atoms with Gasteiger partial charge in [-0.2, -0.15) is 0 Å². The minimum absolute atomic E-state index is 0.263. The van der Waals surface area contributed by atoms with E-state index in [-0.39, 0.29) is 5.75 Å². The highest BCUT2D eigenvalue weighted by atomic mass is 16.5. The third kappa shape index (κ3) is 4.77. The molecule has 0 spiro atoms. The van der Waals surface area contributed by atoms with Gasteiger partial charge in [0.15, 0.2) is 0 Å². The molecule has 0 unspecified atom stereocenters. The number of unbranched alkanes of at least 4 members (excludes halogenated alkanes) is 1. The van der Waals surface area contributed by atoms with Gasteiger partial charge in [-0.25, -0.2) is 0 Å². The molecule has 3 aromatic rings. The Hall–Kier alpha value is -2.94. The molecule has 0 saturated carbocycles. The van der Waals surface area contributed by atoms with Crippen molar-refractivity contribution in [3.63, 3.8) is 0 Å². The lowest BCUT2D eigenvalue weighted by Crippen LogP contribution is -1.96. The molecule has 0 heterocycles. The van der Waals surface area contributed by atoms with Gasteiger partial charge in [0.2, 0.25) is 0 Å². The third-order valence-electron chi connectivity index (χ3n) is 3.86. The number of phenols is 1. The smallest absolute Gasteiger partial charge is 0.127 e. The first-order valence-electron chi connectivity index (χ1n) is 8.55. The van der Waals surface area contributed by atoms with Crippen molar-refractivity contribution in [3.05, 3.63) is 72.8 Å². The van der Waals surface area contributed by atoms with Gasteiger partial charge in [-0.3, -0.25) is 0 Å². The van der Waals surface area contributed by atoms with Crippen LogP contribution in [-0.2, 0) is 0 Å². The first kappa shape index (κ1) is 16.9. The Labute approximate surface area is 148 Å². The van der Waals surface area contributed by atoms with E-state index in [4.69, 9.17) is 9.47 Å². The van der Waals surface area contributed by atoms with Crippen molar-refractivity contribution in [2.75, 3.05) is 6.61 Å². The average Bonchev–Trinajstić information content (AvgIpc) is 2.64. The lowest BCUT2D eigenvalue weighted by molar-refractivity contribution is 0.309. The van der Waals surface area contributed by atoms with Gasteiger partial charge in [0.1, 0.15) is 23.0 Å². The first-order chi connectivity index (χ1) is 12.2. The summed E-state index contributed by atoms with van der Waals surface area (Å²) < 4.78 is 11.5. The van der Waals surface area contributed by atoms with Crippen LogP contribution in [0.5, 0.6) is 23.0 Å². The van der Waals surface area contributed by atoms with E-state index in [1.54, 1.807) is 12.1 Å². The number of aromatic hydroxyl groups is 1. The molecule has 0 aliphatic heterocycles. The zero-order valence-electron chi connectivity index (χ0n) is 14.3. The number of hydrogen-bond acceptors (Lipinski definition) is 3. The molecule has 0 radical (unpaired) electrons. The zero-order chi connectivity index (χ0) is 17.5. The summed E-state index contributed by atoms with van der Waals surface area (Å²) in [7, 11) is 0. The van der Waals surface area contributed by atoms with Crippen molar-refractivity contribution in [1.29, 1.82) is 0 Å². The minimum Gasteiger partial charge on any atom is -0.508 e. The highest BCUT2D eigenvalue weighted by Crippen LogP contribution is 2.28. The number of rotatable bonds is 7. The second-order valence-corrected chi connectivity index (χ2v) is 5.85. The van der Waals surface area contributed by atoms with Gasteiger partial charge >= 0.3 is 0 Å². The molecule has 3 nitrogen and oxygen atoms in total. The van der Waals surface area contributed by atoms with Gasteiger partial charge in [-0.15, -0.1) is 0 Å². The highest BCUT2D eigenvalue weighted by molar-refractivity contribution is 5.65. The third-order valence-corrected chi connectivity index (χ3v) is 3.86. The Morgan fingerprint density at radius 3 is 2.04 bits per heavy atom. The van der Waals surface area contributed by atoms with Crippen molar-refractivity contribution < 1.29 is 14.6 Å². The fraction of sp³-hybridized carbons (Fsp3) is 0.182. The Bertz CT molecular complexity index is 792. The lowest BCUT2D eigenvalue weighted by atomic mass is 10.1. The van der Waals surface area contributed by atoms with Crippen molar-refractivity contribution >= 4 is 0 Å². The molecule has 0 bridgehead atoms. The van der Waals surface area contributed by atoms with E-state index in [1.807, 2.05) is 60.7 Å². The maximum atomic E-state index is 9.58. The van der Waals surface area contributed by atoms with Crippen LogP contribution in [0.1, 0.15) is 19.8 Å². The van der Waals surface area contributed by atoms with E-state index in [1.165, 1.54) is 0 Å². The van der Waals surface area contributed by atoms with Gasteiger partial charge in [-0.1, -0.05) is 37.6 Å². The summed E-state index contributed by atoms with van der Waals surface area (Å²) >= 11 is 0. The van der Waals surface area contributed by atoms with Crippen LogP contribution in [0.25, 0.3) is 11.1 Å². The van der Waals surface area contributed by atoms with Gasteiger partial charge < -0.3 is 14.6 Å². The van der Waals surface area contributed by atoms with E-state index in [9.17, 15) is 5.11 Å². The largest absolute Gasteiger partial charge is 0.508 e. The molecule has 3 rings (SSSR count). The maximum absolute atomic E-state index is 9.58. The molecule has 0 atom stereocenters. The standard InChI is InChI=1S/C22H22O3/c1-2-3-15-24-20-11-13-22(14-12-20)25-21-9-7-17(8-10-21)18-5-4-6-19(23)16-18/h4-14,16,23H,2-3,15H2,1H3. The molecule has 0 aromatic heterocycles. The molecule has 0 aliphatic rings. The lowest BCUT2D eigenvalue weighted by Gasteiger charge is -2.09. The number of ether oxygens (including phenoxy) is 2. The molecule has 0 saturated heterocycles. The monoisotopic (exact) mass is 334 g/mol. The van der Waals surface area contributed by atoms with Crippen molar-refractivity contribution in [1.82, 2.24) is 0 Å². The predicted molar refractivity (Wildman–Crippen MR) is 100 cm³/mol. The quantitative estimate of drug-likeness (QED) is 0.536. The minimum atomic E-state index is 0.263. The fourth-order valence-corrected chi connectivity index (χ4v) is 2.48. The second-order valence-electron chi connectivity index (χ2n) is 5.85. The summed E-state index contributed by atoms with van der Waals surface area (Å²) in [4.78, 5) is 0. The molecule has 1 N–H and O–H groups in total. The van der Waals surface area contributed by atoms with E-state index in [2.05, 4.69) is 6.92 Å². The SMILES string of the molecule is CCCCOc1ccc(Oc2ccc(-c3cccc(O)c3)cc2)cc1. The first-order valence-corrected chi connectivity index (χ1v) is 8.55. The summed E-state index contributed by atoms with van der Waals surface area (Å²) in [5.74, 6) is 2.66. The van der Waals surface area contributed by atoms with Crippen LogP contribution in [-0.4, -0.2) is 11.7 Å². The average molecular weight is 334 g/mol. The molecule has 0 aliphatic carbocycles. The summed E-state index contributed by atoms with van der Waals surface area (Å²) in [6.07, 6.45) is 2.18. The summed E-state index contributed by atoms with van der Waals surface area (Å²) in [6, 6.07) is 22.7. The summed E-state index contributed by atoms with van der Waals surface area (Å²) in [5.41, 5.74) is 2.00. The topological polar surface area (TPSA) is 38.7 Å². The van der Waals surface area contributed by atoms with Crippen LogP contribution in [0.4, 0.5) is 0 Å². The zero-order valence-corrected chi connectivity index (χ0v) is 14.3. The number of benzene rings is 3. The van der Waals surface area contributed by atoms with Crippen LogP contribution in [0.2, 0.25) is 0 Å². The molecule has 3 heteroatoms. The van der Waals surface area contributed by atoms with Crippen LogP contribution < -0.4 is 9.47 Å². The van der Waals surface area contributed by atoms with E-state index in [0.717, 1.165) is 47.8 Å². The van der Waals surface area contributed by atoms with Gasteiger partial charge in [0.25, 0.3) is 0 Å². The fourth-order valence-electron chi connectivity index (χ4n) is 2.48. The van der Waals surface area contributed by atoms with E-state index >= 15 is 0 Å². The van der Waals surface area contributed by atoms with Crippen molar-refractivity contribution in [2.45, 2.75) is 19.8 Å². The molecule has 0 amide bonds. The predicted octanol–water partition coefficient (Wildman–Crippen LogP) is 6.03. The molecule has 0 fully saturated rings. The highest BCUT2D eigenvalue weighted by Gasteiger charge is 2.02. The Kier molecular flexibility index (Phi) is 5.57. The van der Waals surface area contributed by atoms with Crippen LogP contribution in [0, 0.1) is 0 Å². The summed E-state index contributed by atoms with van der Waals surface area (Å²) in [6.45, 7) is 2.89. The van der Waals surface area contributed by atoms with Crippen molar-refractivity contribution in [2.24, 2.45) is 0 Å². The Morgan fingerprint density at radius 2 is 1.40 bits per heavy atom. The molecular weight excluding hydrogens is 312 g/mol. The maximum Gasteiger partial charge on any atom is 0.127 e. The van der Waals surface area contributed by atoms with E-state index in [0.29, 0.717) is 0 Å². The Balaban J connectivity index is 1.63.